The van der Waals surface area contributed by atoms with Gasteiger partial charge >= 0.3 is 5.97 Å². The monoisotopic (exact) mass is 357 g/mol. The van der Waals surface area contributed by atoms with Crippen LogP contribution in [0.15, 0.2) is 47.4 Å². The molecule has 0 aliphatic heterocycles. The molecule has 0 saturated heterocycles. The molecule has 0 bridgehead atoms. The van der Waals surface area contributed by atoms with E-state index in [-0.39, 0.29) is 11.5 Å². The van der Waals surface area contributed by atoms with Crippen LogP contribution in [0.4, 0.5) is 4.39 Å². The molecule has 0 amide bonds. The summed E-state index contributed by atoms with van der Waals surface area (Å²) in [6, 6.07) is 9.55. The van der Waals surface area contributed by atoms with Crippen LogP contribution in [-0.2, 0) is 21.4 Å². The van der Waals surface area contributed by atoms with Crippen molar-refractivity contribution in [1.82, 2.24) is 4.72 Å². The van der Waals surface area contributed by atoms with Gasteiger partial charge in [0.1, 0.15) is 12.4 Å². The van der Waals surface area contributed by atoms with E-state index in [1.54, 1.807) is 24.3 Å². The van der Waals surface area contributed by atoms with Crippen molar-refractivity contribution in [2.24, 2.45) is 0 Å². The minimum atomic E-state index is -3.79. The maximum absolute atomic E-state index is 13.8. The first kappa shape index (κ1) is 17.4. The first-order valence-electron chi connectivity index (χ1n) is 6.48. The summed E-state index contributed by atoms with van der Waals surface area (Å²) in [6.45, 7) is -0.109. The van der Waals surface area contributed by atoms with E-state index in [4.69, 9.17) is 16.3 Å². The van der Waals surface area contributed by atoms with E-state index in [9.17, 15) is 17.6 Å². The number of hydrogen-bond acceptors (Lipinski definition) is 4. The van der Waals surface area contributed by atoms with Gasteiger partial charge in [-0.3, -0.25) is 0 Å². The molecule has 0 spiro atoms. The van der Waals surface area contributed by atoms with Crippen molar-refractivity contribution in [2.75, 3.05) is 7.05 Å². The van der Waals surface area contributed by atoms with Crippen LogP contribution < -0.4 is 4.72 Å². The number of ether oxygens (including phenoxy) is 1. The molecule has 0 heterocycles. The van der Waals surface area contributed by atoms with Gasteiger partial charge in [-0.15, -0.1) is 0 Å². The molecule has 0 saturated carbocycles. The minimum Gasteiger partial charge on any atom is -0.457 e. The van der Waals surface area contributed by atoms with E-state index in [0.29, 0.717) is 10.6 Å². The first-order valence-corrected chi connectivity index (χ1v) is 8.34. The van der Waals surface area contributed by atoms with Crippen LogP contribution in [0.5, 0.6) is 0 Å². The maximum Gasteiger partial charge on any atom is 0.341 e. The third kappa shape index (κ3) is 4.28. The van der Waals surface area contributed by atoms with Gasteiger partial charge in [0, 0.05) is 5.02 Å². The number of hydrogen-bond donors (Lipinski definition) is 1. The lowest BCUT2D eigenvalue weighted by molar-refractivity contribution is 0.0467. The largest absolute Gasteiger partial charge is 0.457 e. The normalized spacial score (nSPS) is 11.3. The van der Waals surface area contributed by atoms with Crippen LogP contribution >= 0.6 is 11.6 Å². The zero-order valence-electron chi connectivity index (χ0n) is 12.0. The smallest absolute Gasteiger partial charge is 0.341 e. The van der Waals surface area contributed by atoms with Gasteiger partial charge in [-0.05, 0) is 42.9 Å². The molecule has 23 heavy (non-hydrogen) atoms. The Kier molecular flexibility index (Phi) is 5.35. The number of rotatable bonds is 5. The van der Waals surface area contributed by atoms with Gasteiger partial charge in [-0.2, -0.15) is 0 Å². The van der Waals surface area contributed by atoms with Crippen LogP contribution in [0, 0.1) is 5.82 Å². The summed E-state index contributed by atoms with van der Waals surface area (Å²) in [5.74, 6) is -1.83. The van der Waals surface area contributed by atoms with Gasteiger partial charge < -0.3 is 4.74 Å². The Bertz CT molecular complexity index is 839. The second-order valence-electron chi connectivity index (χ2n) is 4.56. The van der Waals surface area contributed by atoms with Crippen LogP contribution in [-0.4, -0.2) is 21.4 Å². The average molecular weight is 358 g/mol. The van der Waals surface area contributed by atoms with Crippen molar-refractivity contribution in [2.45, 2.75) is 11.5 Å². The highest BCUT2D eigenvalue weighted by atomic mass is 35.5. The van der Waals surface area contributed by atoms with Crippen molar-refractivity contribution in [3.05, 3.63) is 64.4 Å². The van der Waals surface area contributed by atoms with E-state index < -0.39 is 27.4 Å². The highest BCUT2D eigenvalue weighted by Gasteiger charge is 2.19. The topological polar surface area (TPSA) is 72.5 Å². The Morgan fingerprint density at radius 3 is 2.65 bits per heavy atom. The Morgan fingerprint density at radius 2 is 2.00 bits per heavy atom. The lowest BCUT2D eigenvalue weighted by Gasteiger charge is -2.08. The second-order valence-corrected chi connectivity index (χ2v) is 6.88. The predicted octanol–water partition coefficient (Wildman–Crippen LogP) is 2.74. The minimum absolute atomic E-state index is 0.109. The molecule has 2 aromatic carbocycles. The summed E-state index contributed by atoms with van der Waals surface area (Å²) in [4.78, 5) is 11.8. The lowest BCUT2D eigenvalue weighted by Crippen LogP contribution is -2.19. The highest BCUT2D eigenvalue weighted by molar-refractivity contribution is 7.89. The molecule has 0 fully saturated rings. The molecule has 122 valence electrons. The standard InChI is InChI=1S/C15H13ClFNO4S/c1-18-23(20,21)12-5-6-14(17)13(8-12)15(19)22-9-10-3-2-4-11(16)7-10/h2-8,18H,9H2,1H3. The summed E-state index contributed by atoms with van der Waals surface area (Å²) in [6.07, 6.45) is 0. The van der Waals surface area contributed by atoms with Crippen molar-refractivity contribution >= 4 is 27.6 Å². The van der Waals surface area contributed by atoms with E-state index in [0.717, 1.165) is 18.2 Å². The van der Waals surface area contributed by atoms with Gasteiger partial charge in [0.15, 0.2) is 0 Å². The van der Waals surface area contributed by atoms with Gasteiger partial charge in [-0.25, -0.2) is 22.3 Å². The summed E-state index contributed by atoms with van der Waals surface area (Å²) in [5, 5.41) is 0.479. The van der Waals surface area contributed by atoms with Crippen molar-refractivity contribution < 1.29 is 22.3 Å². The van der Waals surface area contributed by atoms with Crippen LogP contribution in [0.1, 0.15) is 15.9 Å². The number of carbonyl (C=O) groups is 1. The third-order valence-electron chi connectivity index (χ3n) is 3.00. The Hall–Kier alpha value is -1.96. The molecule has 0 aliphatic carbocycles. The predicted molar refractivity (Wildman–Crippen MR) is 83.2 cm³/mol. The molecule has 0 aliphatic rings. The zero-order valence-corrected chi connectivity index (χ0v) is 13.6. The molecule has 8 heteroatoms. The van der Waals surface area contributed by atoms with E-state index >= 15 is 0 Å². The molecule has 2 rings (SSSR count). The summed E-state index contributed by atoms with van der Waals surface area (Å²) >= 11 is 5.82. The van der Waals surface area contributed by atoms with Crippen LogP contribution in [0.3, 0.4) is 0 Å². The molecule has 0 aromatic heterocycles. The molecular weight excluding hydrogens is 345 g/mol. The molecule has 0 radical (unpaired) electrons. The number of carbonyl (C=O) groups excluding carboxylic acids is 1. The average Bonchev–Trinajstić information content (AvgIpc) is 2.53. The molecule has 2 aromatic rings. The van der Waals surface area contributed by atoms with Gasteiger partial charge in [0.2, 0.25) is 10.0 Å². The van der Waals surface area contributed by atoms with Gasteiger partial charge in [0.05, 0.1) is 10.5 Å². The van der Waals surface area contributed by atoms with Gasteiger partial charge in [-0.1, -0.05) is 23.7 Å². The Morgan fingerprint density at radius 1 is 1.26 bits per heavy atom. The Balaban J connectivity index is 2.20. The van der Waals surface area contributed by atoms with Crippen molar-refractivity contribution in [3.8, 4) is 0 Å². The van der Waals surface area contributed by atoms with Crippen molar-refractivity contribution in [3.63, 3.8) is 0 Å². The second kappa shape index (κ2) is 7.08. The van der Waals surface area contributed by atoms with E-state index in [1.807, 2.05) is 0 Å². The fourth-order valence-corrected chi connectivity index (χ4v) is 2.77. The summed E-state index contributed by atoms with van der Waals surface area (Å²) in [5.41, 5.74) is 0.175. The molecule has 0 unspecified atom stereocenters. The Labute approximate surface area is 138 Å². The number of benzene rings is 2. The van der Waals surface area contributed by atoms with Crippen LogP contribution in [0.2, 0.25) is 5.02 Å². The number of sulfonamides is 1. The first-order chi connectivity index (χ1) is 10.8. The summed E-state index contributed by atoms with van der Waals surface area (Å²) < 4.78 is 44.3. The third-order valence-corrected chi connectivity index (χ3v) is 4.64. The summed E-state index contributed by atoms with van der Waals surface area (Å²) in [7, 11) is -2.57. The molecular formula is C15H13ClFNO4S. The van der Waals surface area contributed by atoms with Crippen LogP contribution in [0.25, 0.3) is 0 Å². The fraction of sp³-hybridized carbons (Fsp3) is 0.133. The number of esters is 1. The van der Waals surface area contributed by atoms with E-state index in [1.165, 1.54) is 7.05 Å². The molecule has 5 nitrogen and oxygen atoms in total. The lowest BCUT2D eigenvalue weighted by atomic mass is 10.2. The molecule has 1 N–H and O–H groups in total. The molecule has 0 atom stereocenters. The fourth-order valence-electron chi connectivity index (χ4n) is 1.80. The maximum atomic E-state index is 13.8. The zero-order chi connectivity index (χ0) is 17.0. The quantitative estimate of drug-likeness (QED) is 0.835. The number of nitrogens with one attached hydrogen (secondary N) is 1. The van der Waals surface area contributed by atoms with E-state index in [2.05, 4.69) is 4.72 Å². The van der Waals surface area contributed by atoms with Crippen molar-refractivity contribution in [1.29, 1.82) is 0 Å². The number of halogens is 2. The SMILES string of the molecule is CNS(=O)(=O)c1ccc(F)c(C(=O)OCc2cccc(Cl)c2)c1. The van der Waals surface area contributed by atoms with Gasteiger partial charge in [0.25, 0.3) is 0 Å². The highest BCUT2D eigenvalue weighted by Crippen LogP contribution is 2.17.